The number of nitrogens with one attached hydrogen (secondary N) is 2. The average molecular weight is 344 g/mol. The maximum Gasteiger partial charge on any atom is 0.178 e. The molecule has 23 heavy (non-hydrogen) atoms. The predicted molar refractivity (Wildman–Crippen MR) is 90.4 cm³/mol. The van der Waals surface area contributed by atoms with Gasteiger partial charge in [0.25, 0.3) is 0 Å². The second kappa shape index (κ2) is 15.7. The molecule has 0 bridgehead atoms. The van der Waals surface area contributed by atoms with Crippen molar-refractivity contribution in [2.75, 3.05) is 27.7 Å². The van der Waals surface area contributed by atoms with Gasteiger partial charge in [0, 0.05) is 0 Å². The first-order valence-electron chi connectivity index (χ1n) is 8.59. The van der Waals surface area contributed by atoms with E-state index in [9.17, 15) is 0 Å². The van der Waals surface area contributed by atoms with Crippen LogP contribution in [0.3, 0.4) is 0 Å². The zero-order valence-electron chi connectivity index (χ0n) is 15.1. The van der Waals surface area contributed by atoms with Gasteiger partial charge in [0.2, 0.25) is 0 Å². The van der Waals surface area contributed by atoms with E-state index in [2.05, 4.69) is 31.8 Å². The third-order valence-corrected chi connectivity index (χ3v) is 3.80. The predicted octanol–water partition coefficient (Wildman–Crippen LogP) is 0.0651. The molecular formula is C17H34ClN5. The first-order chi connectivity index (χ1) is 10.5. The minimum Gasteiger partial charge on any atom is -1.00 e. The molecule has 0 saturated heterocycles. The van der Waals surface area contributed by atoms with Crippen molar-refractivity contribution in [1.82, 2.24) is 10.6 Å². The summed E-state index contributed by atoms with van der Waals surface area (Å²) in [4.78, 5) is 0. The van der Waals surface area contributed by atoms with E-state index in [4.69, 9.17) is 10.5 Å². The molecule has 0 rings (SSSR count). The molecule has 0 aromatic rings. The molecule has 0 aliphatic carbocycles. The van der Waals surface area contributed by atoms with Crippen LogP contribution in [0, 0.1) is 22.9 Å². The lowest BCUT2D eigenvalue weighted by atomic mass is 10.1. The highest BCUT2D eigenvalue weighted by atomic mass is 35.5. The van der Waals surface area contributed by atoms with Gasteiger partial charge in [0.15, 0.2) is 12.4 Å². The Kier molecular flexibility index (Phi) is 16.5. The standard InChI is InChI=1S/C17H34N5.ClH/c1-22(2,3)14-12-10-8-6-4-5-7-9-11-13-17(20-15-18)21-16-19;/h17,20-21H,4-14H2,1-3H3;1H/q+1;/p-1. The van der Waals surface area contributed by atoms with Crippen LogP contribution in [0.1, 0.15) is 64.2 Å². The molecule has 0 aliphatic rings. The molecule has 6 heteroatoms. The van der Waals surface area contributed by atoms with Crippen LogP contribution in [0.5, 0.6) is 0 Å². The van der Waals surface area contributed by atoms with Crippen LogP contribution in [-0.4, -0.2) is 38.3 Å². The van der Waals surface area contributed by atoms with E-state index >= 15 is 0 Å². The summed E-state index contributed by atoms with van der Waals surface area (Å²) in [6.07, 6.45) is 15.9. The molecule has 0 spiro atoms. The van der Waals surface area contributed by atoms with Crippen LogP contribution in [-0.2, 0) is 0 Å². The average Bonchev–Trinajstić information content (AvgIpc) is 2.44. The van der Waals surface area contributed by atoms with Gasteiger partial charge in [0.05, 0.1) is 27.7 Å². The molecule has 0 atom stereocenters. The largest absolute Gasteiger partial charge is 1.00 e. The van der Waals surface area contributed by atoms with Gasteiger partial charge >= 0.3 is 0 Å². The van der Waals surface area contributed by atoms with E-state index < -0.39 is 0 Å². The summed E-state index contributed by atoms with van der Waals surface area (Å²) in [7, 11) is 6.76. The van der Waals surface area contributed by atoms with Crippen molar-refractivity contribution in [3.8, 4) is 12.4 Å². The summed E-state index contributed by atoms with van der Waals surface area (Å²) in [5, 5.41) is 22.3. The monoisotopic (exact) mass is 343 g/mol. The first kappa shape index (κ1) is 24.1. The lowest BCUT2D eigenvalue weighted by molar-refractivity contribution is -0.870. The maximum atomic E-state index is 8.56. The Morgan fingerprint density at radius 3 is 1.52 bits per heavy atom. The molecule has 134 valence electrons. The number of quaternary nitrogens is 1. The smallest absolute Gasteiger partial charge is 0.178 e. The zero-order valence-corrected chi connectivity index (χ0v) is 15.8. The van der Waals surface area contributed by atoms with Crippen molar-refractivity contribution in [3.63, 3.8) is 0 Å². The highest BCUT2D eigenvalue weighted by Crippen LogP contribution is 2.11. The summed E-state index contributed by atoms with van der Waals surface area (Å²) in [5.41, 5.74) is 0. The molecule has 0 radical (unpaired) electrons. The Morgan fingerprint density at radius 1 is 0.739 bits per heavy atom. The number of hydrogen-bond acceptors (Lipinski definition) is 4. The summed E-state index contributed by atoms with van der Waals surface area (Å²) in [5.74, 6) is 0. The molecule has 0 fully saturated rings. The van der Waals surface area contributed by atoms with Crippen molar-refractivity contribution in [2.24, 2.45) is 0 Å². The summed E-state index contributed by atoms with van der Waals surface area (Å²) >= 11 is 0. The molecule has 0 amide bonds. The van der Waals surface area contributed by atoms with E-state index in [0.29, 0.717) is 0 Å². The third kappa shape index (κ3) is 18.8. The molecule has 0 aromatic heterocycles. The van der Waals surface area contributed by atoms with Crippen molar-refractivity contribution < 1.29 is 16.9 Å². The number of nitriles is 2. The van der Waals surface area contributed by atoms with Crippen LogP contribution in [0.25, 0.3) is 0 Å². The van der Waals surface area contributed by atoms with Gasteiger partial charge in [-0.25, -0.2) is 0 Å². The molecule has 0 aromatic carbocycles. The van der Waals surface area contributed by atoms with E-state index in [1.165, 1.54) is 57.9 Å². The number of hydrogen-bond donors (Lipinski definition) is 2. The fourth-order valence-electron chi connectivity index (χ4n) is 2.51. The molecule has 0 unspecified atom stereocenters. The molecular weight excluding hydrogens is 310 g/mol. The van der Waals surface area contributed by atoms with Gasteiger partial charge < -0.3 is 27.5 Å². The zero-order chi connectivity index (χ0) is 16.7. The highest BCUT2D eigenvalue weighted by Gasteiger charge is 2.06. The van der Waals surface area contributed by atoms with Crippen molar-refractivity contribution in [2.45, 2.75) is 70.4 Å². The maximum absolute atomic E-state index is 8.56. The molecule has 0 aliphatic heterocycles. The van der Waals surface area contributed by atoms with E-state index in [1.807, 2.05) is 12.4 Å². The van der Waals surface area contributed by atoms with Gasteiger partial charge in [-0.3, -0.25) is 0 Å². The molecule has 2 N–H and O–H groups in total. The summed E-state index contributed by atoms with van der Waals surface area (Å²) in [6, 6.07) is 0. The van der Waals surface area contributed by atoms with Crippen molar-refractivity contribution in [1.29, 1.82) is 10.5 Å². The Labute approximate surface area is 149 Å². The SMILES string of the molecule is C[N+](C)(C)CCCCCCCCCCCC(NC#N)NC#N.[Cl-]. The van der Waals surface area contributed by atoms with Gasteiger partial charge in [-0.15, -0.1) is 0 Å². The third-order valence-electron chi connectivity index (χ3n) is 3.80. The van der Waals surface area contributed by atoms with Crippen LogP contribution in [0.4, 0.5) is 0 Å². The molecule has 0 saturated carbocycles. The fraction of sp³-hybridized carbons (Fsp3) is 0.882. The normalized spacial score (nSPS) is 10.5. The lowest BCUT2D eigenvalue weighted by Crippen LogP contribution is -3.00. The number of halogens is 1. The Hall–Kier alpha value is -1.17. The van der Waals surface area contributed by atoms with E-state index in [-0.39, 0.29) is 18.6 Å². The van der Waals surface area contributed by atoms with Gasteiger partial charge in [-0.05, 0) is 25.7 Å². The Balaban J connectivity index is 0. The lowest BCUT2D eigenvalue weighted by Gasteiger charge is -2.23. The van der Waals surface area contributed by atoms with E-state index in [1.54, 1.807) is 0 Å². The highest BCUT2D eigenvalue weighted by molar-refractivity contribution is 4.80. The minimum absolute atomic E-state index is 0. The Morgan fingerprint density at radius 2 is 1.13 bits per heavy atom. The molecule has 5 nitrogen and oxygen atoms in total. The Bertz CT molecular complexity index is 324. The topological polar surface area (TPSA) is 71.6 Å². The quantitative estimate of drug-likeness (QED) is 0.154. The van der Waals surface area contributed by atoms with Gasteiger partial charge in [-0.2, -0.15) is 10.5 Å². The number of unbranched alkanes of at least 4 members (excludes halogenated alkanes) is 8. The van der Waals surface area contributed by atoms with Crippen LogP contribution in [0.2, 0.25) is 0 Å². The second-order valence-electron chi connectivity index (χ2n) is 7.05. The van der Waals surface area contributed by atoms with Crippen LogP contribution < -0.4 is 23.0 Å². The second-order valence-corrected chi connectivity index (χ2v) is 7.05. The first-order valence-corrected chi connectivity index (χ1v) is 8.59. The van der Waals surface area contributed by atoms with Crippen LogP contribution >= 0.6 is 0 Å². The van der Waals surface area contributed by atoms with Crippen LogP contribution in [0.15, 0.2) is 0 Å². The van der Waals surface area contributed by atoms with Crippen molar-refractivity contribution in [3.05, 3.63) is 0 Å². The molecule has 0 heterocycles. The van der Waals surface area contributed by atoms with Gasteiger partial charge in [0.1, 0.15) is 6.17 Å². The van der Waals surface area contributed by atoms with Crippen molar-refractivity contribution >= 4 is 0 Å². The summed E-state index contributed by atoms with van der Waals surface area (Å²) in [6.45, 7) is 1.27. The fourth-order valence-corrected chi connectivity index (χ4v) is 2.51. The minimum atomic E-state index is -0.198. The number of nitrogens with zero attached hydrogens (tertiary/aromatic N) is 3. The van der Waals surface area contributed by atoms with E-state index in [0.717, 1.165) is 17.3 Å². The van der Waals surface area contributed by atoms with Gasteiger partial charge in [-0.1, -0.05) is 38.5 Å². The summed E-state index contributed by atoms with van der Waals surface area (Å²) < 4.78 is 1.07. The number of rotatable bonds is 14.